The number of aryl methyl sites for hydroxylation is 1. The van der Waals surface area contributed by atoms with Gasteiger partial charge in [-0.15, -0.1) is 10.2 Å². The molecule has 12 heteroatoms. The molecular weight excluding hydrogens is 352 g/mol. The molecule has 138 valence electrons. The van der Waals surface area contributed by atoms with Gasteiger partial charge in [-0.2, -0.15) is 4.31 Å². The summed E-state index contributed by atoms with van der Waals surface area (Å²) >= 11 is 0. The van der Waals surface area contributed by atoms with Crippen LogP contribution in [0.2, 0.25) is 0 Å². The normalized spacial score (nSPS) is 12.0. The maximum Gasteiger partial charge on any atom is 0.330 e. The number of ether oxygens (including phenoxy) is 1. The zero-order valence-corrected chi connectivity index (χ0v) is 15.2. The molecule has 0 amide bonds. The van der Waals surface area contributed by atoms with Crippen LogP contribution in [0.15, 0.2) is 27.0 Å². The third-order valence-electron chi connectivity index (χ3n) is 3.70. The molecule has 0 atom stereocenters. The van der Waals surface area contributed by atoms with Crippen molar-refractivity contribution in [3.8, 4) is 0 Å². The van der Waals surface area contributed by atoms with E-state index >= 15 is 0 Å². The summed E-state index contributed by atoms with van der Waals surface area (Å²) in [6.45, 7) is 0.801. The lowest BCUT2D eigenvalue weighted by atomic mass is 10.5. The molecule has 0 aliphatic carbocycles. The number of sulfonamides is 1. The van der Waals surface area contributed by atoms with E-state index in [0.717, 1.165) is 19.6 Å². The summed E-state index contributed by atoms with van der Waals surface area (Å²) in [6, 6.07) is 0. The van der Waals surface area contributed by atoms with Crippen LogP contribution < -0.4 is 11.2 Å². The molecule has 11 nitrogen and oxygen atoms in total. The Kier molecular flexibility index (Phi) is 5.55. The average molecular weight is 372 g/mol. The first kappa shape index (κ1) is 19.0. The quantitative estimate of drug-likeness (QED) is 0.559. The highest BCUT2D eigenvalue weighted by atomic mass is 32.2. The standard InChI is InChI=1S/C13H20N6O5S/c1-16-7-10(12(20)18(3)13(16)21)25(22,23)17(2)8-11-15-14-9-19(11)5-6-24-4/h7,9H,5-6,8H2,1-4H3. The average Bonchev–Trinajstić information content (AvgIpc) is 3.01. The summed E-state index contributed by atoms with van der Waals surface area (Å²) < 4.78 is 34.9. The molecule has 25 heavy (non-hydrogen) atoms. The second kappa shape index (κ2) is 7.29. The Morgan fingerprint density at radius 2 is 1.96 bits per heavy atom. The number of rotatable bonds is 7. The van der Waals surface area contributed by atoms with Crippen LogP contribution in [0.1, 0.15) is 5.82 Å². The van der Waals surface area contributed by atoms with Gasteiger partial charge in [0, 0.05) is 41.0 Å². The third kappa shape index (κ3) is 3.70. The minimum atomic E-state index is -4.12. The second-order valence-corrected chi connectivity index (χ2v) is 7.46. The smallest absolute Gasteiger partial charge is 0.330 e. The maximum atomic E-state index is 12.7. The lowest BCUT2D eigenvalue weighted by Gasteiger charge is -2.17. The Morgan fingerprint density at radius 1 is 1.28 bits per heavy atom. The van der Waals surface area contributed by atoms with Crippen molar-refractivity contribution in [2.24, 2.45) is 14.1 Å². The molecule has 0 unspecified atom stereocenters. The first-order valence-electron chi connectivity index (χ1n) is 7.28. The van der Waals surface area contributed by atoms with Crippen LogP contribution in [0.5, 0.6) is 0 Å². The van der Waals surface area contributed by atoms with E-state index in [4.69, 9.17) is 4.74 Å². The maximum absolute atomic E-state index is 12.7. The van der Waals surface area contributed by atoms with E-state index in [9.17, 15) is 18.0 Å². The van der Waals surface area contributed by atoms with Crippen molar-refractivity contribution in [1.82, 2.24) is 28.2 Å². The van der Waals surface area contributed by atoms with Crippen molar-refractivity contribution in [3.05, 3.63) is 39.2 Å². The van der Waals surface area contributed by atoms with Crippen LogP contribution in [-0.4, -0.2) is 57.4 Å². The predicted octanol–water partition coefficient (Wildman–Crippen LogP) is -1.86. The Labute approximate surface area is 144 Å². The molecule has 2 aromatic heterocycles. The van der Waals surface area contributed by atoms with Crippen LogP contribution in [0.25, 0.3) is 0 Å². The molecule has 0 N–H and O–H groups in total. The first-order valence-corrected chi connectivity index (χ1v) is 8.72. The fraction of sp³-hybridized carbons (Fsp3) is 0.538. The van der Waals surface area contributed by atoms with Gasteiger partial charge in [0.2, 0.25) is 10.0 Å². The summed E-state index contributed by atoms with van der Waals surface area (Å²) in [5.74, 6) is 0.407. The molecule has 0 radical (unpaired) electrons. The highest BCUT2D eigenvalue weighted by Gasteiger charge is 2.27. The molecule has 0 aliphatic rings. The molecular formula is C13H20N6O5S. The number of nitrogens with zero attached hydrogens (tertiary/aromatic N) is 6. The third-order valence-corrected chi connectivity index (χ3v) is 5.48. The van der Waals surface area contributed by atoms with Gasteiger partial charge in [0.05, 0.1) is 13.2 Å². The lowest BCUT2D eigenvalue weighted by molar-refractivity contribution is 0.185. The van der Waals surface area contributed by atoms with Crippen molar-refractivity contribution < 1.29 is 13.2 Å². The summed E-state index contributed by atoms with van der Waals surface area (Å²) in [4.78, 5) is 23.4. The van der Waals surface area contributed by atoms with E-state index < -0.39 is 26.2 Å². The second-order valence-electron chi connectivity index (χ2n) is 5.45. The fourth-order valence-corrected chi connectivity index (χ4v) is 3.45. The highest BCUT2D eigenvalue weighted by Crippen LogP contribution is 2.12. The van der Waals surface area contributed by atoms with Gasteiger partial charge in [-0.1, -0.05) is 0 Å². The number of hydrogen-bond acceptors (Lipinski definition) is 7. The molecule has 0 fully saturated rings. The minimum Gasteiger partial charge on any atom is -0.383 e. The van der Waals surface area contributed by atoms with Gasteiger partial charge in [-0.25, -0.2) is 13.2 Å². The van der Waals surface area contributed by atoms with Crippen molar-refractivity contribution in [3.63, 3.8) is 0 Å². The molecule has 0 aliphatic heterocycles. The van der Waals surface area contributed by atoms with Crippen LogP contribution in [0.4, 0.5) is 0 Å². The van der Waals surface area contributed by atoms with Crippen LogP contribution >= 0.6 is 0 Å². The Balaban J connectivity index is 2.37. The Morgan fingerprint density at radius 3 is 2.60 bits per heavy atom. The Hall–Kier alpha value is -2.31. The largest absolute Gasteiger partial charge is 0.383 e. The summed E-state index contributed by atoms with van der Waals surface area (Å²) in [5.41, 5.74) is -1.48. The van der Waals surface area contributed by atoms with E-state index in [1.807, 2.05) is 0 Å². The van der Waals surface area contributed by atoms with E-state index in [0.29, 0.717) is 19.0 Å². The topological polar surface area (TPSA) is 121 Å². The van der Waals surface area contributed by atoms with Gasteiger partial charge in [-0.3, -0.25) is 9.36 Å². The van der Waals surface area contributed by atoms with E-state index in [1.54, 1.807) is 11.7 Å². The van der Waals surface area contributed by atoms with Crippen molar-refractivity contribution in [1.29, 1.82) is 0 Å². The molecule has 0 saturated heterocycles. The number of hydrogen-bond donors (Lipinski definition) is 0. The summed E-state index contributed by atoms with van der Waals surface area (Å²) in [6.07, 6.45) is 2.49. The zero-order chi connectivity index (χ0) is 18.8. The molecule has 2 rings (SSSR count). The Bertz CT molecular complexity index is 974. The van der Waals surface area contributed by atoms with Crippen LogP contribution in [0, 0.1) is 0 Å². The van der Waals surface area contributed by atoms with Gasteiger partial charge in [0.15, 0.2) is 4.90 Å². The molecule has 2 heterocycles. The van der Waals surface area contributed by atoms with Gasteiger partial charge in [0.1, 0.15) is 12.2 Å². The van der Waals surface area contributed by atoms with Gasteiger partial charge in [0.25, 0.3) is 5.56 Å². The monoisotopic (exact) mass is 372 g/mol. The van der Waals surface area contributed by atoms with Gasteiger partial charge >= 0.3 is 5.69 Å². The predicted molar refractivity (Wildman–Crippen MR) is 87.5 cm³/mol. The van der Waals surface area contributed by atoms with Crippen molar-refractivity contribution >= 4 is 10.0 Å². The summed E-state index contributed by atoms with van der Waals surface area (Å²) in [7, 11) is 1.37. The van der Waals surface area contributed by atoms with E-state index in [2.05, 4.69) is 10.2 Å². The SMILES string of the molecule is COCCn1cnnc1CN(C)S(=O)(=O)c1cn(C)c(=O)n(C)c1=O. The van der Waals surface area contributed by atoms with Crippen molar-refractivity contribution in [2.75, 3.05) is 20.8 Å². The molecule has 0 bridgehead atoms. The van der Waals surface area contributed by atoms with Crippen LogP contribution in [0.3, 0.4) is 0 Å². The molecule has 0 saturated carbocycles. The highest BCUT2D eigenvalue weighted by molar-refractivity contribution is 7.89. The van der Waals surface area contributed by atoms with Crippen LogP contribution in [-0.2, 0) is 41.9 Å². The molecule has 0 aromatic carbocycles. The minimum absolute atomic E-state index is 0.0853. The van der Waals surface area contributed by atoms with Gasteiger partial charge in [-0.05, 0) is 0 Å². The molecule has 2 aromatic rings. The lowest BCUT2D eigenvalue weighted by Crippen LogP contribution is -2.41. The fourth-order valence-electron chi connectivity index (χ4n) is 2.18. The summed E-state index contributed by atoms with van der Waals surface area (Å²) in [5, 5.41) is 7.67. The number of methoxy groups -OCH3 is 1. The van der Waals surface area contributed by atoms with Gasteiger partial charge < -0.3 is 13.9 Å². The zero-order valence-electron chi connectivity index (χ0n) is 14.4. The van der Waals surface area contributed by atoms with Crippen molar-refractivity contribution in [2.45, 2.75) is 18.0 Å². The number of aromatic nitrogens is 5. The van der Waals surface area contributed by atoms with E-state index in [-0.39, 0.29) is 6.54 Å². The van der Waals surface area contributed by atoms with E-state index in [1.165, 1.54) is 27.5 Å². The molecule has 0 spiro atoms. The first-order chi connectivity index (χ1) is 11.7.